The summed E-state index contributed by atoms with van der Waals surface area (Å²) >= 11 is 0. The van der Waals surface area contributed by atoms with Crippen LogP contribution >= 0.6 is 0 Å². The monoisotopic (exact) mass is 421 g/mol. The van der Waals surface area contributed by atoms with Crippen molar-refractivity contribution < 1.29 is 18.0 Å². The first-order chi connectivity index (χ1) is 13.8. The molecule has 1 N–H and O–H groups in total. The van der Waals surface area contributed by atoms with Crippen LogP contribution in [-0.2, 0) is 26.2 Å². The molecular weight excluding hydrogens is 390 g/mol. The molecule has 0 radical (unpaired) electrons. The molecule has 0 spiro atoms. The Hall–Kier alpha value is -1.93. The lowest BCUT2D eigenvalue weighted by molar-refractivity contribution is -0.129. The number of piperidine rings is 1. The summed E-state index contributed by atoms with van der Waals surface area (Å²) in [4.78, 5) is 26.5. The Morgan fingerprint density at radius 1 is 1.14 bits per heavy atom. The van der Waals surface area contributed by atoms with E-state index in [1.807, 2.05) is 0 Å². The van der Waals surface area contributed by atoms with Crippen molar-refractivity contribution >= 4 is 21.8 Å². The molecule has 2 aliphatic rings. The van der Waals surface area contributed by atoms with E-state index in [1.165, 1.54) is 0 Å². The highest BCUT2D eigenvalue weighted by Gasteiger charge is 2.34. The van der Waals surface area contributed by atoms with Crippen LogP contribution in [0.15, 0.2) is 29.2 Å². The molecule has 2 amide bonds. The van der Waals surface area contributed by atoms with Gasteiger partial charge in [-0.15, -0.1) is 0 Å². The van der Waals surface area contributed by atoms with Gasteiger partial charge in [0.15, 0.2) is 0 Å². The lowest BCUT2D eigenvalue weighted by Gasteiger charge is -2.25. The van der Waals surface area contributed by atoms with E-state index in [0.29, 0.717) is 43.5 Å². The Labute approximate surface area is 173 Å². The second-order valence-electron chi connectivity index (χ2n) is 8.42. The fourth-order valence-corrected chi connectivity index (χ4v) is 5.45. The van der Waals surface area contributed by atoms with E-state index in [-0.39, 0.29) is 24.2 Å². The first-order valence-electron chi connectivity index (χ1n) is 10.4. The van der Waals surface area contributed by atoms with Crippen LogP contribution in [0.1, 0.15) is 45.1 Å². The number of benzene rings is 1. The number of likely N-dealkylation sites (tertiary alicyclic amines) is 1. The minimum Gasteiger partial charge on any atom is -0.352 e. The van der Waals surface area contributed by atoms with Crippen molar-refractivity contribution in [2.45, 2.75) is 51.0 Å². The first kappa shape index (κ1) is 21.8. The van der Waals surface area contributed by atoms with Crippen LogP contribution in [0.5, 0.6) is 0 Å². The van der Waals surface area contributed by atoms with E-state index in [9.17, 15) is 18.0 Å². The predicted octanol–water partition coefficient (Wildman–Crippen LogP) is 1.98. The standard InChI is InChI=1S/C21H31N3O4S/c1-16(2)14-23-15-18(12-20(23)25)21(26)22-13-17-6-8-19(9-7-17)29(27,28)24-10-4-3-5-11-24/h6-9,16,18H,3-5,10-15H2,1-2H3,(H,22,26). The molecule has 2 saturated heterocycles. The van der Waals surface area contributed by atoms with Crippen LogP contribution in [-0.4, -0.2) is 55.6 Å². The molecule has 1 aromatic rings. The highest BCUT2D eigenvalue weighted by molar-refractivity contribution is 7.89. The Kier molecular flexibility index (Phi) is 6.95. The van der Waals surface area contributed by atoms with Crippen LogP contribution in [0.2, 0.25) is 0 Å². The summed E-state index contributed by atoms with van der Waals surface area (Å²) in [5.41, 5.74) is 0.833. The van der Waals surface area contributed by atoms with E-state index >= 15 is 0 Å². The summed E-state index contributed by atoms with van der Waals surface area (Å²) in [7, 11) is -3.44. The lowest BCUT2D eigenvalue weighted by atomic mass is 10.1. The molecule has 0 aromatic heterocycles. The minimum atomic E-state index is -3.44. The van der Waals surface area contributed by atoms with Crippen molar-refractivity contribution in [1.29, 1.82) is 0 Å². The van der Waals surface area contributed by atoms with E-state index in [1.54, 1.807) is 33.5 Å². The fourth-order valence-electron chi connectivity index (χ4n) is 3.93. The van der Waals surface area contributed by atoms with Gasteiger partial charge in [0.1, 0.15) is 0 Å². The third-order valence-electron chi connectivity index (χ3n) is 5.51. The van der Waals surface area contributed by atoms with E-state index in [0.717, 1.165) is 24.8 Å². The Morgan fingerprint density at radius 3 is 2.41 bits per heavy atom. The van der Waals surface area contributed by atoms with Gasteiger partial charge in [0, 0.05) is 39.1 Å². The molecule has 0 saturated carbocycles. The largest absolute Gasteiger partial charge is 0.352 e. The molecule has 1 unspecified atom stereocenters. The van der Waals surface area contributed by atoms with Gasteiger partial charge in [-0.3, -0.25) is 9.59 Å². The van der Waals surface area contributed by atoms with Crippen molar-refractivity contribution in [2.24, 2.45) is 11.8 Å². The zero-order chi connectivity index (χ0) is 21.0. The van der Waals surface area contributed by atoms with Crippen molar-refractivity contribution in [2.75, 3.05) is 26.2 Å². The molecule has 160 valence electrons. The summed E-state index contributed by atoms with van der Waals surface area (Å²) < 4.78 is 26.9. The second-order valence-corrected chi connectivity index (χ2v) is 10.4. The Balaban J connectivity index is 1.54. The molecule has 2 aliphatic heterocycles. The average Bonchev–Trinajstić information content (AvgIpc) is 3.07. The van der Waals surface area contributed by atoms with Crippen molar-refractivity contribution in [3.05, 3.63) is 29.8 Å². The highest BCUT2D eigenvalue weighted by atomic mass is 32.2. The zero-order valence-electron chi connectivity index (χ0n) is 17.3. The average molecular weight is 422 g/mol. The molecule has 1 aromatic carbocycles. The van der Waals surface area contributed by atoms with Crippen LogP contribution in [0.3, 0.4) is 0 Å². The predicted molar refractivity (Wildman–Crippen MR) is 110 cm³/mol. The molecule has 3 rings (SSSR count). The van der Waals surface area contributed by atoms with Crippen LogP contribution in [0, 0.1) is 11.8 Å². The Morgan fingerprint density at radius 2 is 1.79 bits per heavy atom. The van der Waals surface area contributed by atoms with E-state index in [4.69, 9.17) is 0 Å². The number of carbonyl (C=O) groups is 2. The summed E-state index contributed by atoms with van der Waals surface area (Å²) in [6.07, 6.45) is 3.14. The van der Waals surface area contributed by atoms with Gasteiger partial charge >= 0.3 is 0 Å². The van der Waals surface area contributed by atoms with Crippen molar-refractivity contribution in [1.82, 2.24) is 14.5 Å². The molecule has 1 atom stereocenters. The van der Waals surface area contributed by atoms with Crippen molar-refractivity contribution in [3.63, 3.8) is 0 Å². The number of nitrogens with zero attached hydrogens (tertiary/aromatic N) is 2. The number of sulfonamides is 1. The molecule has 29 heavy (non-hydrogen) atoms. The maximum Gasteiger partial charge on any atom is 0.243 e. The zero-order valence-corrected chi connectivity index (χ0v) is 18.1. The summed E-state index contributed by atoms with van der Waals surface area (Å²) in [5.74, 6) is -0.0405. The molecular formula is C21H31N3O4S. The smallest absolute Gasteiger partial charge is 0.243 e. The SMILES string of the molecule is CC(C)CN1CC(C(=O)NCc2ccc(S(=O)(=O)N3CCCCC3)cc2)CC1=O. The lowest BCUT2D eigenvalue weighted by Crippen LogP contribution is -2.35. The summed E-state index contributed by atoms with van der Waals surface area (Å²) in [6, 6.07) is 6.69. The number of amides is 2. The molecule has 0 bridgehead atoms. The number of nitrogens with one attached hydrogen (secondary N) is 1. The molecule has 2 heterocycles. The van der Waals surface area contributed by atoms with Gasteiger partial charge in [0.05, 0.1) is 10.8 Å². The summed E-state index contributed by atoms with van der Waals surface area (Å²) in [6.45, 7) is 6.72. The highest BCUT2D eigenvalue weighted by Crippen LogP contribution is 2.22. The van der Waals surface area contributed by atoms with E-state index < -0.39 is 10.0 Å². The van der Waals surface area contributed by atoms with Gasteiger partial charge in [-0.1, -0.05) is 32.4 Å². The van der Waals surface area contributed by atoms with Gasteiger partial charge in [-0.05, 0) is 36.5 Å². The van der Waals surface area contributed by atoms with Crippen LogP contribution < -0.4 is 5.32 Å². The Bertz CT molecular complexity index is 830. The molecule has 7 nitrogen and oxygen atoms in total. The summed E-state index contributed by atoms with van der Waals surface area (Å²) in [5, 5.41) is 2.88. The number of hydrogen-bond donors (Lipinski definition) is 1. The van der Waals surface area contributed by atoms with E-state index in [2.05, 4.69) is 19.2 Å². The van der Waals surface area contributed by atoms with Crippen LogP contribution in [0.4, 0.5) is 0 Å². The number of hydrogen-bond acceptors (Lipinski definition) is 4. The second kappa shape index (κ2) is 9.26. The number of carbonyl (C=O) groups excluding carboxylic acids is 2. The van der Waals surface area contributed by atoms with Gasteiger partial charge in [-0.2, -0.15) is 4.31 Å². The first-order valence-corrected chi connectivity index (χ1v) is 11.9. The van der Waals surface area contributed by atoms with Crippen LogP contribution in [0.25, 0.3) is 0 Å². The van der Waals surface area contributed by atoms with Gasteiger partial charge in [-0.25, -0.2) is 8.42 Å². The maximum atomic E-state index is 12.7. The van der Waals surface area contributed by atoms with Gasteiger partial charge in [0.25, 0.3) is 0 Å². The third-order valence-corrected chi connectivity index (χ3v) is 7.43. The van der Waals surface area contributed by atoms with Gasteiger partial charge in [0.2, 0.25) is 21.8 Å². The third kappa shape index (κ3) is 5.36. The minimum absolute atomic E-state index is 0.0334. The quantitative estimate of drug-likeness (QED) is 0.729. The normalized spacial score (nSPS) is 21.0. The molecule has 2 fully saturated rings. The van der Waals surface area contributed by atoms with Crippen molar-refractivity contribution in [3.8, 4) is 0 Å². The number of rotatable bonds is 7. The fraction of sp³-hybridized carbons (Fsp3) is 0.619. The van der Waals surface area contributed by atoms with Gasteiger partial charge < -0.3 is 10.2 Å². The maximum absolute atomic E-state index is 12.7. The molecule has 8 heteroatoms. The molecule has 0 aliphatic carbocycles. The topological polar surface area (TPSA) is 86.8 Å².